The molecule has 4 nitrogen and oxygen atoms in total. The standard InChI is InChI=1S/C21H19N3O/c1-14-3-8-19-18(13-14)21(25)24(2)20(23-19)17-6-4-15(5-7-17)16-9-11-22-12-10-16/h3-13,20,23H,1-2H3. The SMILES string of the molecule is Cc1ccc2c(c1)C(=O)N(C)C(c1ccc(-c3ccncc3)cc1)N2. The zero-order valence-corrected chi connectivity index (χ0v) is 14.2. The third-order valence-electron chi connectivity index (χ3n) is 4.65. The summed E-state index contributed by atoms with van der Waals surface area (Å²) in [4.78, 5) is 18.5. The summed E-state index contributed by atoms with van der Waals surface area (Å²) < 4.78 is 0. The van der Waals surface area contributed by atoms with Gasteiger partial charge in [-0.05, 0) is 47.9 Å². The fourth-order valence-corrected chi connectivity index (χ4v) is 3.22. The van der Waals surface area contributed by atoms with Crippen LogP contribution in [0, 0.1) is 6.92 Å². The zero-order valence-electron chi connectivity index (χ0n) is 14.2. The second-order valence-corrected chi connectivity index (χ2v) is 6.37. The first-order valence-corrected chi connectivity index (χ1v) is 8.28. The number of hydrogen-bond acceptors (Lipinski definition) is 3. The molecule has 25 heavy (non-hydrogen) atoms. The van der Waals surface area contributed by atoms with Crippen LogP contribution >= 0.6 is 0 Å². The maximum atomic E-state index is 12.7. The summed E-state index contributed by atoms with van der Waals surface area (Å²) in [7, 11) is 1.84. The number of amides is 1. The number of carbonyl (C=O) groups is 1. The van der Waals surface area contributed by atoms with Gasteiger partial charge in [0, 0.05) is 25.1 Å². The quantitative estimate of drug-likeness (QED) is 0.764. The molecule has 1 unspecified atom stereocenters. The molecule has 0 bridgehead atoms. The van der Waals surface area contributed by atoms with Crippen LogP contribution in [-0.4, -0.2) is 22.8 Å². The molecule has 3 aromatic rings. The Morgan fingerprint density at radius 1 is 0.960 bits per heavy atom. The summed E-state index contributed by atoms with van der Waals surface area (Å²) in [6.07, 6.45) is 3.41. The van der Waals surface area contributed by atoms with E-state index >= 15 is 0 Å². The van der Waals surface area contributed by atoms with E-state index in [1.165, 1.54) is 0 Å². The van der Waals surface area contributed by atoms with Crippen molar-refractivity contribution < 1.29 is 4.79 Å². The van der Waals surface area contributed by atoms with Crippen LogP contribution in [0.5, 0.6) is 0 Å². The van der Waals surface area contributed by atoms with Gasteiger partial charge in [0.1, 0.15) is 6.17 Å². The molecule has 0 spiro atoms. The van der Waals surface area contributed by atoms with Crippen molar-refractivity contribution in [3.05, 3.63) is 83.7 Å². The summed E-state index contributed by atoms with van der Waals surface area (Å²) >= 11 is 0. The number of rotatable bonds is 2. The summed E-state index contributed by atoms with van der Waals surface area (Å²) in [5.74, 6) is 0.0423. The van der Waals surface area contributed by atoms with E-state index < -0.39 is 0 Å². The van der Waals surface area contributed by atoms with E-state index in [1.54, 1.807) is 17.3 Å². The van der Waals surface area contributed by atoms with Gasteiger partial charge in [0.2, 0.25) is 0 Å². The normalized spacial score (nSPS) is 16.3. The van der Waals surface area contributed by atoms with Gasteiger partial charge in [-0.15, -0.1) is 0 Å². The van der Waals surface area contributed by atoms with E-state index in [0.29, 0.717) is 0 Å². The van der Waals surface area contributed by atoms with Crippen molar-refractivity contribution in [2.24, 2.45) is 0 Å². The van der Waals surface area contributed by atoms with Gasteiger partial charge in [-0.1, -0.05) is 35.9 Å². The Kier molecular flexibility index (Phi) is 3.73. The average Bonchev–Trinajstić information content (AvgIpc) is 2.66. The molecule has 0 saturated heterocycles. The van der Waals surface area contributed by atoms with Crippen LogP contribution < -0.4 is 5.32 Å². The summed E-state index contributed by atoms with van der Waals surface area (Å²) in [5, 5.41) is 3.47. The molecule has 2 aromatic carbocycles. The van der Waals surface area contributed by atoms with E-state index in [9.17, 15) is 4.79 Å². The van der Waals surface area contributed by atoms with Gasteiger partial charge in [0.05, 0.1) is 5.56 Å². The number of hydrogen-bond donors (Lipinski definition) is 1. The predicted octanol–water partition coefficient (Wildman–Crippen LogP) is 4.25. The molecule has 124 valence electrons. The molecule has 1 aromatic heterocycles. The van der Waals surface area contributed by atoms with Crippen molar-refractivity contribution in [3.8, 4) is 11.1 Å². The number of pyridine rings is 1. The molecule has 2 heterocycles. The third kappa shape index (κ3) is 2.76. The molecular formula is C21H19N3O. The highest BCUT2D eigenvalue weighted by molar-refractivity contribution is 6.01. The Hall–Kier alpha value is -3.14. The molecule has 0 saturated carbocycles. The largest absolute Gasteiger partial charge is 0.361 e. The lowest BCUT2D eigenvalue weighted by molar-refractivity contribution is 0.0735. The van der Waals surface area contributed by atoms with Crippen LogP contribution in [0.4, 0.5) is 5.69 Å². The first kappa shape index (κ1) is 15.4. The first-order valence-electron chi connectivity index (χ1n) is 8.28. The number of benzene rings is 2. The molecule has 1 atom stereocenters. The number of anilines is 1. The second-order valence-electron chi connectivity index (χ2n) is 6.37. The minimum absolute atomic E-state index is 0.0423. The Morgan fingerprint density at radius 2 is 1.64 bits per heavy atom. The molecule has 1 N–H and O–H groups in total. The number of nitrogens with zero attached hydrogens (tertiary/aromatic N) is 2. The van der Waals surface area contributed by atoms with Crippen molar-refractivity contribution in [1.29, 1.82) is 0 Å². The number of nitrogens with one attached hydrogen (secondary N) is 1. The lowest BCUT2D eigenvalue weighted by Crippen LogP contribution is -2.40. The maximum absolute atomic E-state index is 12.7. The summed E-state index contributed by atoms with van der Waals surface area (Å²) in [6, 6.07) is 18.2. The Balaban J connectivity index is 1.66. The molecular weight excluding hydrogens is 310 g/mol. The average molecular weight is 329 g/mol. The van der Waals surface area contributed by atoms with Crippen molar-refractivity contribution in [2.45, 2.75) is 13.1 Å². The van der Waals surface area contributed by atoms with E-state index in [2.05, 4.69) is 34.6 Å². The van der Waals surface area contributed by atoms with Gasteiger partial charge in [-0.25, -0.2) is 0 Å². The van der Waals surface area contributed by atoms with E-state index in [-0.39, 0.29) is 12.1 Å². The second kappa shape index (κ2) is 6.06. The van der Waals surface area contributed by atoms with Crippen molar-refractivity contribution in [3.63, 3.8) is 0 Å². The van der Waals surface area contributed by atoms with Crippen LogP contribution in [0.25, 0.3) is 11.1 Å². The Morgan fingerprint density at radius 3 is 2.36 bits per heavy atom. The smallest absolute Gasteiger partial charge is 0.257 e. The van der Waals surface area contributed by atoms with Crippen LogP contribution in [-0.2, 0) is 0 Å². The van der Waals surface area contributed by atoms with E-state index in [0.717, 1.165) is 33.5 Å². The topological polar surface area (TPSA) is 45.2 Å². The minimum atomic E-state index is -0.172. The number of aromatic nitrogens is 1. The Labute approximate surface area is 147 Å². The van der Waals surface area contributed by atoms with Gasteiger partial charge in [0.25, 0.3) is 5.91 Å². The van der Waals surface area contributed by atoms with E-state index in [4.69, 9.17) is 0 Å². The maximum Gasteiger partial charge on any atom is 0.257 e. The molecule has 4 heteroatoms. The fourth-order valence-electron chi connectivity index (χ4n) is 3.22. The summed E-state index contributed by atoms with van der Waals surface area (Å²) in [5.41, 5.74) is 6.02. The molecule has 4 rings (SSSR count). The minimum Gasteiger partial charge on any atom is -0.361 e. The van der Waals surface area contributed by atoms with Crippen molar-refractivity contribution in [2.75, 3.05) is 12.4 Å². The first-order chi connectivity index (χ1) is 12.1. The van der Waals surface area contributed by atoms with Gasteiger partial charge in [-0.3, -0.25) is 9.78 Å². The highest BCUT2D eigenvalue weighted by atomic mass is 16.2. The van der Waals surface area contributed by atoms with Gasteiger partial charge in [-0.2, -0.15) is 0 Å². The van der Waals surface area contributed by atoms with Crippen LogP contribution in [0.3, 0.4) is 0 Å². The molecule has 1 amide bonds. The number of fused-ring (bicyclic) bond motifs is 1. The van der Waals surface area contributed by atoms with Gasteiger partial charge in [0.15, 0.2) is 0 Å². The van der Waals surface area contributed by atoms with Crippen molar-refractivity contribution in [1.82, 2.24) is 9.88 Å². The van der Waals surface area contributed by atoms with E-state index in [1.807, 2.05) is 44.3 Å². The predicted molar refractivity (Wildman–Crippen MR) is 99.3 cm³/mol. The van der Waals surface area contributed by atoms with Crippen molar-refractivity contribution >= 4 is 11.6 Å². The lowest BCUT2D eigenvalue weighted by atomic mass is 10.00. The highest BCUT2D eigenvalue weighted by Gasteiger charge is 2.30. The van der Waals surface area contributed by atoms with Crippen LogP contribution in [0.15, 0.2) is 67.0 Å². The molecule has 0 radical (unpaired) electrons. The molecule has 0 aliphatic carbocycles. The monoisotopic (exact) mass is 329 g/mol. The Bertz CT molecular complexity index is 920. The third-order valence-corrected chi connectivity index (χ3v) is 4.65. The fraction of sp³-hybridized carbons (Fsp3) is 0.143. The molecule has 0 fully saturated rings. The number of carbonyl (C=O) groups excluding carboxylic acids is 1. The van der Waals surface area contributed by atoms with Gasteiger partial charge >= 0.3 is 0 Å². The molecule has 1 aliphatic heterocycles. The van der Waals surface area contributed by atoms with Gasteiger partial charge < -0.3 is 10.2 Å². The lowest BCUT2D eigenvalue weighted by Gasteiger charge is -2.35. The van der Waals surface area contributed by atoms with Crippen LogP contribution in [0.2, 0.25) is 0 Å². The zero-order chi connectivity index (χ0) is 17.4. The van der Waals surface area contributed by atoms with Crippen LogP contribution in [0.1, 0.15) is 27.7 Å². The highest BCUT2D eigenvalue weighted by Crippen LogP contribution is 2.33. The number of aryl methyl sites for hydroxylation is 1. The summed E-state index contributed by atoms with van der Waals surface area (Å²) in [6.45, 7) is 2.00. The molecule has 1 aliphatic rings.